The molecule has 0 aliphatic heterocycles. The van der Waals surface area contributed by atoms with Crippen molar-refractivity contribution in [3.05, 3.63) is 35.9 Å². The third-order valence-electron chi connectivity index (χ3n) is 5.25. The van der Waals surface area contributed by atoms with Gasteiger partial charge < -0.3 is 15.4 Å². The molecule has 0 radical (unpaired) electrons. The van der Waals surface area contributed by atoms with Crippen molar-refractivity contribution in [1.82, 2.24) is 16.0 Å². The Morgan fingerprint density at radius 2 is 1.74 bits per heavy atom. The Balaban J connectivity index is 1.91. The summed E-state index contributed by atoms with van der Waals surface area (Å²) < 4.78 is 5.79. The van der Waals surface area contributed by atoms with Gasteiger partial charge in [-0.05, 0) is 50.0 Å². The number of ether oxygens (including phenoxy) is 1. The third kappa shape index (κ3) is 5.42. The van der Waals surface area contributed by atoms with Gasteiger partial charge in [-0.1, -0.05) is 39.0 Å². The molecule has 1 saturated carbocycles. The SMILES string of the molecule is CNC(=O)OC1(C(C)(C)C)CCC(NC(=S)NC(=O)c2ccccc2)CC1. The molecule has 7 heteroatoms. The summed E-state index contributed by atoms with van der Waals surface area (Å²) in [5, 5.41) is 8.81. The van der Waals surface area contributed by atoms with Gasteiger partial charge in [-0.2, -0.15) is 0 Å². The molecule has 0 spiro atoms. The molecule has 3 N–H and O–H groups in total. The second-order valence-electron chi connectivity index (χ2n) is 7.95. The minimum Gasteiger partial charge on any atom is -0.442 e. The smallest absolute Gasteiger partial charge is 0.407 e. The average molecular weight is 392 g/mol. The highest BCUT2D eigenvalue weighted by Gasteiger charge is 2.47. The van der Waals surface area contributed by atoms with Gasteiger partial charge in [-0.3, -0.25) is 10.1 Å². The Morgan fingerprint density at radius 1 is 1.15 bits per heavy atom. The zero-order valence-electron chi connectivity index (χ0n) is 16.4. The second kappa shape index (κ2) is 8.69. The van der Waals surface area contributed by atoms with Gasteiger partial charge >= 0.3 is 6.09 Å². The molecule has 0 saturated heterocycles. The number of alkyl carbamates (subject to hydrolysis) is 1. The van der Waals surface area contributed by atoms with E-state index in [1.54, 1.807) is 19.2 Å². The van der Waals surface area contributed by atoms with Crippen LogP contribution in [0.5, 0.6) is 0 Å². The van der Waals surface area contributed by atoms with Gasteiger partial charge in [0.2, 0.25) is 0 Å². The summed E-state index contributed by atoms with van der Waals surface area (Å²) in [5.41, 5.74) is -0.122. The normalized spacial score (nSPS) is 22.4. The van der Waals surface area contributed by atoms with Crippen LogP contribution in [0.25, 0.3) is 0 Å². The largest absolute Gasteiger partial charge is 0.442 e. The van der Waals surface area contributed by atoms with Crippen molar-refractivity contribution in [3.63, 3.8) is 0 Å². The van der Waals surface area contributed by atoms with Crippen LogP contribution in [0.15, 0.2) is 30.3 Å². The number of carbonyl (C=O) groups is 2. The maximum atomic E-state index is 12.2. The number of carbonyl (C=O) groups excluding carboxylic acids is 2. The van der Waals surface area contributed by atoms with Crippen LogP contribution in [-0.2, 0) is 4.74 Å². The van der Waals surface area contributed by atoms with Crippen molar-refractivity contribution < 1.29 is 14.3 Å². The Morgan fingerprint density at radius 3 is 2.26 bits per heavy atom. The standard InChI is InChI=1S/C20H29N3O3S/c1-19(2,3)20(26-18(25)21-4)12-10-15(11-13-20)22-17(27)23-16(24)14-8-6-5-7-9-14/h5-9,15H,10-13H2,1-4H3,(H,21,25)(H2,22,23,24,27). The van der Waals surface area contributed by atoms with E-state index in [0.717, 1.165) is 25.7 Å². The van der Waals surface area contributed by atoms with Gasteiger partial charge in [-0.15, -0.1) is 0 Å². The van der Waals surface area contributed by atoms with Crippen LogP contribution in [-0.4, -0.2) is 35.8 Å². The summed E-state index contributed by atoms with van der Waals surface area (Å²) in [5.74, 6) is -0.226. The molecule has 1 fully saturated rings. The highest BCUT2D eigenvalue weighted by Crippen LogP contribution is 2.45. The van der Waals surface area contributed by atoms with Crippen LogP contribution in [0, 0.1) is 5.41 Å². The number of nitrogens with one attached hydrogen (secondary N) is 3. The minimum atomic E-state index is -0.514. The lowest BCUT2D eigenvalue weighted by molar-refractivity contribution is -0.0946. The fourth-order valence-corrected chi connectivity index (χ4v) is 3.71. The highest BCUT2D eigenvalue weighted by atomic mass is 32.1. The fourth-order valence-electron chi connectivity index (χ4n) is 3.45. The quantitative estimate of drug-likeness (QED) is 0.689. The van der Waals surface area contributed by atoms with Gasteiger partial charge in [0.1, 0.15) is 5.60 Å². The Labute approximate surface area is 166 Å². The van der Waals surface area contributed by atoms with Crippen molar-refractivity contribution in [3.8, 4) is 0 Å². The second-order valence-corrected chi connectivity index (χ2v) is 8.36. The van der Waals surface area contributed by atoms with E-state index in [4.69, 9.17) is 17.0 Å². The zero-order valence-corrected chi connectivity index (χ0v) is 17.2. The van der Waals surface area contributed by atoms with Crippen LogP contribution in [0.3, 0.4) is 0 Å². The Hall–Kier alpha value is -2.15. The van der Waals surface area contributed by atoms with E-state index < -0.39 is 11.7 Å². The first kappa shape index (κ1) is 21.2. The van der Waals surface area contributed by atoms with Crippen molar-refractivity contribution >= 4 is 29.3 Å². The molecule has 6 nitrogen and oxygen atoms in total. The molecule has 27 heavy (non-hydrogen) atoms. The van der Waals surface area contributed by atoms with Crippen molar-refractivity contribution in [2.45, 2.75) is 58.1 Å². The first-order chi connectivity index (χ1) is 12.7. The molecule has 1 aliphatic carbocycles. The van der Waals surface area contributed by atoms with E-state index in [9.17, 15) is 9.59 Å². The molecule has 0 heterocycles. The predicted octanol–water partition coefficient (Wildman–Crippen LogP) is 3.37. The van der Waals surface area contributed by atoms with Gasteiger partial charge in [-0.25, -0.2) is 4.79 Å². The van der Waals surface area contributed by atoms with Crippen molar-refractivity contribution in [2.75, 3.05) is 7.05 Å². The molecule has 0 atom stereocenters. The molecule has 1 aliphatic rings. The maximum absolute atomic E-state index is 12.2. The lowest BCUT2D eigenvalue weighted by atomic mass is 9.67. The molecule has 2 rings (SSSR count). The van der Waals surface area contributed by atoms with Gasteiger partial charge in [0.25, 0.3) is 5.91 Å². The third-order valence-corrected chi connectivity index (χ3v) is 5.47. The molecule has 1 aromatic rings. The number of thiocarbonyl (C=S) groups is 1. The van der Waals surface area contributed by atoms with E-state index >= 15 is 0 Å². The van der Waals surface area contributed by atoms with Crippen LogP contribution < -0.4 is 16.0 Å². The molecule has 1 aromatic carbocycles. The maximum Gasteiger partial charge on any atom is 0.407 e. The number of rotatable bonds is 3. The monoisotopic (exact) mass is 391 g/mol. The van der Waals surface area contributed by atoms with Crippen LogP contribution in [0.2, 0.25) is 0 Å². The summed E-state index contributed by atoms with van der Waals surface area (Å²) in [7, 11) is 1.57. The van der Waals surface area contributed by atoms with Crippen molar-refractivity contribution in [2.24, 2.45) is 5.41 Å². The summed E-state index contributed by atoms with van der Waals surface area (Å²) in [6, 6.07) is 9.10. The van der Waals surface area contributed by atoms with Gasteiger partial charge in [0.05, 0.1) is 0 Å². The number of amides is 2. The van der Waals surface area contributed by atoms with E-state index in [-0.39, 0.29) is 17.4 Å². The van der Waals surface area contributed by atoms with E-state index in [1.807, 2.05) is 18.2 Å². The van der Waals surface area contributed by atoms with Gasteiger partial charge in [0, 0.05) is 24.1 Å². The zero-order chi connectivity index (χ0) is 20.1. The van der Waals surface area contributed by atoms with Crippen LogP contribution in [0.4, 0.5) is 4.79 Å². The van der Waals surface area contributed by atoms with E-state index in [0.29, 0.717) is 10.7 Å². The first-order valence-electron chi connectivity index (χ1n) is 9.24. The van der Waals surface area contributed by atoms with Crippen LogP contribution in [0.1, 0.15) is 56.8 Å². The highest BCUT2D eigenvalue weighted by molar-refractivity contribution is 7.80. The minimum absolute atomic E-state index is 0.136. The average Bonchev–Trinajstić information content (AvgIpc) is 2.63. The molecule has 0 unspecified atom stereocenters. The molecule has 0 bridgehead atoms. The number of hydrogen-bond donors (Lipinski definition) is 3. The topological polar surface area (TPSA) is 79.5 Å². The van der Waals surface area contributed by atoms with E-state index in [2.05, 4.69) is 36.7 Å². The summed E-state index contributed by atoms with van der Waals surface area (Å²) in [4.78, 5) is 24.0. The molecular weight excluding hydrogens is 362 g/mol. The summed E-state index contributed by atoms with van der Waals surface area (Å²) >= 11 is 5.29. The number of hydrogen-bond acceptors (Lipinski definition) is 4. The number of benzene rings is 1. The molecule has 148 valence electrons. The van der Waals surface area contributed by atoms with E-state index in [1.165, 1.54) is 0 Å². The van der Waals surface area contributed by atoms with Gasteiger partial charge in [0.15, 0.2) is 5.11 Å². The summed E-state index contributed by atoms with van der Waals surface area (Å²) in [6.45, 7) is 6.28. The first-order valence-corrected chi connectivity index (χ1v) is 9.65. The molecule has 0 aromatic heterocycles. The lowest BCUT2D eigenvalue weighted by Crippen LogP contribution is -2.54. The van der Waals surface area contributed by atoms with Crippen molar-refractivity contribution in [1.29, 1.82) is 0 Å². The fraction of sp³-hybridized carbons (Fsp3) is 0.550. The predicted molar refractivity (Wildman–Crippen MR) is 110 cm³/mol. The van der Waals surface area contributed by atoms with Crippen LogP contribution >= 0.6 is 12.2 Å². The Bertz CT molecular complexity index is 677. The lowest BCUT2D eigenvalue weighted by Gasteiger charge is -2.48. The molecular formula is C20H29N3O3S. The molecule has 2 amide bonds. The summed E-state index contributed by atoms with van der Waals surface area (Å²) in [6.07, 6.45) is 2.67. The Kier molecular flexibility index (Phi) is 6.81.